The van der Waals surface area contributed by atoms with Gasteiger partial charge in [-0.25, -0.2) is 19.2 Å². The number of ether oxygens (including phenoxy) is 1. The molecule has 3 aromatic rings. The molecule has 8 nitrogen and oxygen atoms in total. The average Bonchev–Trinajstić information content (AvgIpc) is 3.15. The third-order valence-electron chi connectivity index (χ3n) is 5.40. The average molecular weight is 426 g/mol. The minimum Gasteiger partial charge on any atom is -0.385 e. The zero-order chi connectivity index (χ0) is 21.6. The van der Waals surface area contributed by atoms with Crippen molar-refractivity contribution in [1.82, 2.24) is 29.7 Å². The molecule has 1 aromatic carbocycles. The van der Waals surface area contributed by atoms with Gasteiger partial charge < -0.3 is 15.0 Å². The molecule has 1 fully saturated rings. The van der Waals surface area contributed by atoms with Crippen molar-refractivity contribution in [3.8, 4) is 5.69 Å². The van der Waals surface area contributed by atoms with Crippen LogP contribution in [-0.2, 0) is 11.3 Å². The first-order valence-corrected chi connectivity index (χ1v) is 10.5. The Hall–Kier alpha value is -3.04. The van der Waals surface area contributed by atoms with E-state index in [2.05, 4.69) is 15.2 Å². The molecule has 3 heterocycles. The summed E-state index contributed by atoms with van der Waals surface area (Å²) in [6.45, 7) is 4.70. The smallest absolute Gasteiger partial charge is 0.317 e. The summed E-state index contributed by atoms with van der Waals surface area (Å²) in [5.74, 6) is 0.567. The van der Waals surface area contributed by atoms with E-state index in [1.807, 2.05) is 21.6 Å². The minimum atomic E-state index is -0.278. The van der Waals surface area contributed by atoms with Crippen molar-refractivity contribution in [2.75, 3.05) is 46.4 Å². The van der Waals surface area contributed by atoms with Gasteiger partial charge in [-0.1, -0.05) is 0 Å². The fourth-order valence-corrected chi connectivity index (χ4v) is 3.76. The molecule has 0 spiro atoms. The van der Waals surface area contributed by atoms with E-state index >= 15 is 0 Å². The lowest BCUT2D eigenvalue weighted by Crippen LogP contribution is -2.51. The van der Waals surface area contributed by atoms with Gasteiger partial charge in [0.05, 0.1) is 6.54 Å². The summed E-state index contributed by atoms with van der Waals surface area (Å²) >= 11 is 0. The van der Waals surface area contributed by atoms with Gasteiger partial charge in [-0.15, -0.1) is 0 Å². The lowest BCUT2D eigenvalue weighted by molar-refractivity contribution is 0.132. The molecular formula is C22H27FN6O2. The maximum Gasteiger partial charge on any atom is 0.317 e. The zero-order valence-corrected chi connectivity index (χ0v) is 17.6. The second-order valence-corrected chi connectivity index (χ2v) is 7.53. The van der Waals surface area contributed by atoms with Crippen LogP contribution in [0.3, 0.4) is 0 Å². The number of amides is 2. The van der Waals surface area contributed by atoms with Crippen LogP contribution in [0.2, 0.25) is 0 Å². The van der Waals surface area contributed by atoms with E-state index in [1.165, 1.54) is 12.1 Å². The Morgan fingerprint density at radius 1 is 1.16 bits per heavy atom. The minimum absolute atomic E-state index is 0.0292. The lowest BCUT2D eigenvalue weighted by atomic mass is 10.3. The summed E-state index contributed by atoms with van der Waals surface area (Å²) in [6, 6.07) is 10.1. The monoisotopic (exact) mass is 426 g/mol. The molecule has 31 heavy (non-hydrogen) atoms. The normalized spacial score (nSPS) is 14.8. The number of methoxy groups -OCH3 is 1. The van der Waals surface area contributed by atoms with Gasteiger partial charge in [-0.2, -0.15) is 0 Å². The maximum atomic E-state index is 13.4. The van der Waals surface area contributed by atoms with Crippen molar-refractivity contribution in [2.24, 2.45) is 0 Å². The van der Waals surface area contributed by atoms with E-state index in [9.17, 15) is 9.18 Å². The Kier molecular flexibility index (Phi) is 6.73. The van der Waals surface area contributed by atoms with Crippen LogP contribution in [0, 0.1) is 5.82 Å². The van der Waals surface area contributed by atoms with Crippen LogP contribution < -0.4 is 5.32 Å². The van der Waals surface area contributed by atoms with Crippen molar-refractivity contribution in [3.05, 3.63) is 54.2 Å². The number of imidazole rings is 1. The van der Waals surface area contributed by atoms with Gasteiger partial charge in [0, 0.05) is 58.3 Å². The largest absolute Gasteiger partial charge is 0.385 e. The SMILES string of the molecule is COCCCNC(=O)N1CCN(Cc2nc3cccnc3n2-c2ccc(F)cc2)CC1. The molecule has 2 aromatic heterocycles. The first kappa shape index (κ1) is 21.2. The quantitative estimate of drug-likeness (QED) is 0.588. The number of urea groups is 1. The van der Waals surface area contributed by atoms with E-state index in [0.29, 0.717) is 32.8 Å². The molecule has 0 bridgehead atoms. The standard InChI is InChI=1S/C22H27FN6O2/c1-31-15-3-10-25-22(30)28-13-11-27(12-14-28)16-20-26-19-4-2-9-24-21(19)29(20)18-7-5-17(23)6-8-18/h2,4-9H,3,10-16H2,1H3,(H,25,30). The second-order valence-electron chi connectivity index (χ2n) is 7.53. The fraction of sp³-hybridized carbons (Fsp3) is 0.409. The molecule has 0 radical (unpaired) electrons. The Labute approximate surface area is 180 Å². The Bertz CT molecular complexity index is 1010. The number of benzene rings is 1. The van der Waals surface area contributed by atoms with Crippen LogP contribution in [0.1, 0.15) is 12.2 Å². The summed E-state index contributed by atoms with van der Waals surface area (Å²) in [6.07, 6.45) is 2.54. The first-order chi connectivity index (χ1) is 15.2. The summed E-state index contributed by atoms with van der Waals surface area (Å²) in [4.78, 5) is 25.7. The highest BCUT2D eigenvalue weighted by molar-refractivity contribution is 5.74. The number of hydrogen-bond acceptors (Lipinski definition) is 5. The first-order valence-electron chi connectivity index (χ1n) is 10.5. The number of fused-ring (bicyclic) bond motifs is 1. The molecule has 4 rings (SSSR count). The van der Waals surface area contributed by atoms with Gasteiger partial charge in [0.1, 0.15) is 17.2 Å². The molecular weight excluding hydrogens is 399 g/mol. The topological polar surface area (TPSA) is 75.5 Å². The number of carbonyl (C=O) groups excluding carboxylic acids is 1. The van der Waals surface area contributed by atoms with Crippen molar-refractivity contribution in [1.29, 1.82) is 0 Å². The number of carbonyl (C=O) groups is 1. The van der Waals surface area contributed by atoms with Crippen LogP contribution in [0.4, 0.5) is 9.18 Å². The summed E-state index contributed by atoms with van der Waals surface area (Å²) < 4.78 is 20.4. The third kappa shape index (κ3) is 5.00. The Morgan fingerprint density at radius 3 is 2.68 bits per heavy atom. The molecule has 1 N–H and O–H groups in total. The number of aromatic nitrogens is 3. The van der Waals surface area contributed by atoms with Crippen molar-refractivity contribution < 1.29 is 13.9 Å². The van der Waals surface area contributed by atoms with Crippen LogP contribution in [-0.4, -0.2) is 76.8 Å². The van der Waals surface area contributed by atoms with Gasteiger partial charge >= 0.3 is 6.03 Å². The van der Waals surface area contributed by atoms with Crippen molar-refractivity contribution in [2.45, 2.75) is 13.0 Å². The molecule has 0 saturated carbocycles. The number of halogens is 1. The van der Waals surface area contributed by atoms with Gasteiger partial charge in [-0.3, -0.25) is 9.47 Å². The number of piperazine rings is 1. The number of hydrogen-bond donors (Lipinski definition) is 1. The van der Waals surface area contributed by atoms with Gasteiger partial charge in [-0.05, 0) is 42.8 Å². The summed E-state index contributed by atoms with van der Waals surface area (Å²) in [5.41, 5.74) is 2.38. The number of nitrogens with one attached hydrogen (secondary N) is 1. The van der Waals surface area contributed by atoms with Crippen LogP contribution in [0.25, 0.3) is 16.9 Å². The fourth-order valence-electron chi connectivity index (χ4n) is 3.76. The van der Waals surface area contributed by atoms with Crippen LogP contribution in [0.5, 0.6) is 0 Å². The molecule has 9 heteroatoms. The van der Waals surface area contributed by atoms with E-state index in [-0.39, 0.29) is 11.8 Å². The highest BCUT2D eigenvalue weighted by atomic mass is 19.1. The molecule has 164 valence electrons. The Balaban J connectivity index is 1.43. The molecule has 1 saturated heterocycles. The van der Waals surface area contributed by atoms with Gasteiger partial charge in [0.15, 0.2) is 5.65 Å². The maximum absolute atomic E-state index is 13.4. The molecule has 0 unspecified atom stereocenters. The van der Waals surface area contributed by atoms with Crippen molar-refractivity contribution in [3.63, 3.8) is 0 Å². The van der Waals surface area contributed by atoms with Crippen LogP contribution in [0.15, 0.2) is 42.6 Å². The molecule has 1 aliphatic heterocycles. The lowest BCUT2D eigenvalue weighted by Gasteiger charge is -2.34. The van der Waals surface area contributed by atoms with Gasteiger partial charge in [0.25, 0.3) is 0 Å². The van der Waals surface area contributed by atoms with E-state index < -0.39 is 0 Å². The highest BCUT2D eigenvalue weighted by Crippen LogP contribution is 2.21. The van der Waals surface area contributed by atoms with Gasteiger partial charge in [0.2, 0.25) is 0 Å². The predicted octanol–water partition coefficient (Wildman–Crippen LogP) is 2.42. The number of pyridine rings is 1. The number of nitrogens with zero attached hydrogens (tertiary/aromatic N) is 5. The summed E-state index contributed by atoms with van der Waals surface area (Å²) in [7, 11) is 1.65. The summed E-state index contributed by atoms with van der Waals surface area (Å²) in [5, 5.41) is 2.94. The van der Waals surface area contributed by atoms with Crippen LogP contribution >= 0.6 is 0 Å². The number of rotatable bonds is 7. The van der Waals surface area contributed by atoms with E-state index in [0.717, 1.165) is 42.2 Å². The van der Waals surface area contributed by atoms with Crippen molar-refractivity contribution >= 4 is 17.2 Å². The molecule has 2 amide bonds. The highest BCUT2D eigenvalue weighted by Gasteiger charge is 2.23. The molecule has 0 atom stereocenters. The van der Waals surface area contributed by atoms with E-state index in [1.54, 1.807) is 25.4 Å². The van der Waals surface area contributed by atoms with E-state index in [4.69, 9.17) is 9.72 Å². The molecule has 1 aliphatic rings. The predicted molar refractivity (Wildman–Crippen MR) is 116 cm³/mol. The third-order valence-corrected chi connectivity index (χ3v) is 5.40. The second kappa shape index (κ2) is 9.84. The zero-order valence-electron chi connectivity index (χ0n) is 17.6. The molecule has 0 aliphatic carbocycles. The Morgan fingerprint density at radius 2 is 1.94 bits per heavy atom.